The normalized spacial score (nSPS) is 12.3. The van der Waals surface area contributed by atoms with Crippen LogP contribution < -0.4 is 11.1 Å². The molecule has 0 saturated carbocycles. The molecule has 90 valence electrons. The highest BCUT2D eigenvalue weighted by Crippen LogP contribution is 2.20. The molecule has 0 amide bonds. The van der Waals surface area contributed by atoms with Crippen molar-refractivity contribution in [2.75, 3.05) is 5.32 Å². The van der Waals surface area contributed by atoms with Gasteiger partial charge in [-0.15, -0.1) is 22.7 Å². The maximum atomic E-state index is 10.7. The standard InChI is InChI=1S/C9H10N4O2S2/c10-7(8(14)15)5-4-17-9(13-5)12-3-6-11-1-2-16-6/h1-2,4,7H,3,10H2,(H,12,13)(H,14,15). The molecule has 0 radical (unpaired) electrons. The smallest absolute Gasteiger partial charge is 0.326 e. The van der Waals surface area contributed by atoms with Crippen molar-refractivity contribution in [2.24, 2.45) is 5.73 Å². The van der Waals surface area contributed by atoms with Crippen molar-refractivity contribution < 1.29 is 9.90 Å². The molecule has 0 aliphatic rings. The second-order valence-corrected chi connectivity index (χ2v) is 5.01. The zero-order valence-corrected chi connectivity index (χ0v) is 10.3. The Hall–Kier alpha value is -1.51. The largest absolute Gasteiger partial charge is 0.480 e. The number of carbonyl (C=O) groups is 1. The highest BCUT2D eigenvalue weighted by atomic mass is 32.1. The molecule has 2 heterocycles. The van der Waals surface area contributed by atoms with Gasteiger partial charge in [0.25, 0.3) is 0 Å². The molecular formula is C9H10N4O2S2. The quantitative estimate of drug-likeness (QED) is 0.757. The number of anilines is 1. The van der Waals surface area contributed by atoms with Crippen molar-refractivity contribution in [3.05, 3.63) is 27.7 Å². The molecule has 2 rings (SSSR count). The van der Waals surface area contributed by atoms with Gasteiger partial charge in [-0.1, -0.05) is 0 Å². The highest BCUT2D eigenvalue weighted by molar-refractivity contribution is 7.13. The van der Waals surface area contributed by atoms with Gasteiger partial charge in [0.1, 0.15) is 11.0 Å². The summed E-state index contributed by atoms with van der Waals surface area (Å²) in [5.74, 6) is -1.08. The van der Waals surface area contributed by atoms with Crippen LogP contribution in [0.25, 0.3) is 0 Å². The molecule has 1 unspecified atom stereocenters. The molecule has 4 N–H and O–H groups in total. The van der Waals surface area contributed by atoms with Gasteiger partial charge in [-0.2, -0.15) is 0 Å². The number of carboxylic acids is 1. The number of aliphatic carboxylic acids is 1. The first-order chi connectivity index (χ1) is 8.16. The van der Waals surface area contributed by atoms with Crippen molar-refractivity contribution in [1.82, 2.24) is 9.97 Å². The van der Waals surface area contributed by atoms with E-state index in [1.54, 1.807) is 22.9 Å². The molecule has 0 bridgehead atoms. The van der Waals surface area contributed by atoms with Crippen LogP contribution in [-0.4, -0.2) is 21.0 Å². The van der Waals surface area contributed by atoms with Crippen molar-refractivity contribution in [2.45, 2.75) is 12.6 Å². The maximum absolute atomic E-state index is 10.7. The van der Waals surface area contributed by atoms with E-state index in [0.717, 1.165) is 5.01 Å². The second-order valence-electron chi connectivity index (χ2n) is 3.17. The number of nitrogens with two attached hydrogens (primary N) is 1. The summed E-state index contributed by atoms with van der Waals surface area (Å²) in [5.41, 5.74) is 5.81. The van der Waals surface area contributed by atoms with Gasteiger partial charge in [0.15, 0.2) is 5.13 Å². The number of nitrogens with one attached hydrogen (secondary N) is 1. The van der Waals surface area contributed by atoms with E-state index >= 15 is 0 Å². The molecule has 0 aliphatic heterocycles. The summed E-state index contributed by atoms with van der Waals surface area (Å²) in [6.45, 7) is 0.576. The fourth-order valence-corrected chi connectivity index (χ4v) is 2.43. The van der Waals surface area contributed by atoms with Gasteiger partial charge in [0.2, 0.25) is 0 Å². The van der Waals surface area contributed by atoms with E-state index in [4.69, 9.17) is 10.8 Å². The van der Waals surface area contributed by atoms with Gasteiger partial charge in [0.05, 0.1) is 12.2 Å². The van der Waals surface area contributed by atoms with E-state index in [9.17, 15) is 4.79 Å². The Labute approximate surface area is 105 Å². The minimum atomic E-state index is -1.08. The third kappa shape index (κ3) is 2.99. The SMILES string of the molecule is NC(C(=O)O)c1csc(NCc2nccs2)n1. The lowest BCUT2D eigenvalue weighted by Gasteiger charge is -2.01. The number of carboxylic acid groups (broad SMARTS) is 1. The molecule has 1 atom stereocenters. The summed E-state index contributed by atoms with van der Waals surface area (Å²) >= 11 is 2.87. The van der Waals surface area contributed by atoms with E-state index in [0.29, 0.717) is 17.4 Å². The summed E-state index contributed by atoms with van der Waals surface area (Å²) in [7, 11) is 0. The highest BCUT2D eigenvalue weighted by Gasteiger charge is 2.17. The summed E-state index contributed by atoms with van der Waals surface area (Å²) in [6, 6.07) is -1.07. The molecule has 0 fully saturated rings. The van der Waals surface area contributed by atoms with Crippen LogP contribution in [0.4, 0.5) is 5.13 Å². The van der Waals surface area contributed by atoms with Crippen LogP contribution in [0, 0.1) is 0 Å². The van der Waals surface area contributed by atoms with Crippen LogP contribution in [0.2, 0.25) is 0 Å². The van der Waals surface area contributed by atoms with Crippen LogP contribution in [0.5, 0.6) is 0 Å². The molecule has 0 aromatic carbocycles. The lowest BCUT2D eigenvalue weighted by atomic mass is 10.2. The Kier molecular flexibility index (Phi) is 3.67. The van der Waals surface area contributed by atoms with Gasteiger partial charge < -0.3 is 16.2 Å². The Bertz CT molecular complexity index is 497. The summed E-state index contributed by atoms with van der Waals surface area (Å²) in [4.78, 5) is 18.9. The number of aromatic nitrogens is 2. The average molecular weight is 270 g/mol. The van der Waals surface area contributed by atoms with Crippen molar-refractivity contribution >= 4 is 33.8 Å². The third-order valence-electron chi connectivity index (χ3n) is 1.98. The van der Waals surface area contributed by atoms with Gasteiger partial charge in [-0.25, -0.2) is 9.97 Å². The lowest BCUT2D eigenvalue weighted by Crippen LogP contribution is -2.20. The predicted octanol–water partition coefficient (Wildman–Crippen LogP) is 1.30. The molecule has 2 aromatic rings. The van der Waals surface area contributed by atoms with Gasteiger partial charge in [-0.05, 0) is 0 Å². The fourth-order valence-electron chi connectivity index (χ4n) is 1.13. The first kappa shape index (κ1) is 12.0. The van der Waals surface area contributed by atoms with E-state index in [2.05, 4.69) is 15.3 Å². The van der Waals surface area contributed by atoms with Crippen LogP contribution in [0.1, 0.15) is 16.7 Å². The van der Waals surface area contributed by atoms with E-state index < -0.39 is 12.0 Å². The Morgan fingerprint density at radius 1 is 1.59 bits per heavy atom. The Balaban J connectivity index is 1.96. The number of nitrogens with zero attached hydrogens (tertiary/aromatic N) is 2. The Morgan fingerprint density at radius 2 is 2.41 bits per heavy atom. The van der Waals surface area contributed by atoms with Crippen LogP contribution in [0.15, 0.2) is 17.0 Å². The number of hydrogen-bond donors (Lipinski definition) is 3. The second kappa shape index (κ2) is 5.21. The summed E-state index contributed by atoms with van der Waals surface area (Å²) in [5, 5.41) is 16.9. The summed E-state index contributed by atoms with van der Waals surface area (Å²) in [6.07, 6.45) is 1.73. The van der Waals surface area contributed by atoms with Crippen molar-refractivity contribution in [3.63, 3.8) is 0 Å². The van der Waals surface area contributed by atoms with Crippen LogP contribution in [-0.2, 0) is 11.3 Å². The number of rotatable bonds is 5. The number of hydrogen-bond acceptors (Lipinski definition) is 7. The zero-order chi connectivity index (χ0) is 12.3. The van der Waals surface area contributed by atoms with E-state index in [1.807, 2.05) is 5.38 Å². The van der Waals surface area contributed by atoms with Crippen LogP contribution in [0.3, 0.4) is 0 Å². The molecule has 6 nitrogen and oxygen atoms in total. The topological polar surface area (TPSA) is 101 Å². The molecular weight excluding hydrogens is 260 g/mol. The lowest BCUT2D eigenvalue weighted by molar-refractivity contribution is -0.138. The molecule has 0 spiro atoms. The average Bonchev–Trinajstić information content (AvgIpc) is 2.96. The monoisotopic (exact) mass is 270 g/mol. The first-order valence-electron chi connectivity index (χ1n) is 4.73. The van der Waals surface area contributed by atoms with Crippen molar-refractivity contribution in [1.29, 1.82) is 0 Å². The van der Waals surface area contributed by atoms with Gasteiger partial charge in [-0.3, -0.25) is 4.79 Å². The van der Waals surface area contributed by atoms with Gasteiger partial charge >= 0.3 is 5.97 Å². The third-order valence-corrected chi connectivity index (χ3v) is 3.58. The van der Waals surface area contributed by atoms with E-state index in [1.165, 1.54) is 11.3 Å². The maximum Gasteiger partial charge on any atom is 0.326 e. The minimum absolute atomic E-state index is 0.365. The fraction of sp³-hybridized carbons (Fsp3) is 0.222. The molecule has 2 aromatic heterocycles. The Morgan fingerprint density at radius 3 is 3.06 bits per heavy atom. The zero-order valence-electron chi connectivity index (χ0n) is 8.66. The van der Waals surface area contributed by atoms with Gasteiger partial charge in [0, 0.05) is 17.0 Å². The van der Waals surface area contributed by atoms with E-state index in [-0.39, 0.29) is 0 Å². The molecule has 8 heteroatoms. The summed E-state index contributed by atoms with van der Waals surface area (Å²) < 4.78 is 0. The molecule has 17 heavy (non-hydrogen) atoms. The van der Waals surface area contributed by atoms with Crippen molar-refractivity contribution in [3.8, 4) is 0 Å². The molecule has 0 aliphatic carbocycles. The minimum Gasteiger partial charge on any atom is -0.480 e. The predicted molar refractivity (Wildman–Crippen MR) is 66.1 cm³/mol. The van der Waals surface area contributed by atoms with Crippen LogP contribution >= 0.6 is 22.7 Å². The first-order valence-corrected chi connectivity index (χ1v) is 6.49. The molecule has 0 saturated heterocycles. The number of thiazole rings is 2.